The molecule has 4 rings (SSSR count). The first kappa shape index (κ1) is 17.7. The van der Waals surface area contributed by atoms with E-state index in [0.29, 0.717) is 0 Å². The maximum Gasteiger partial charge on any atom is 0.249 e. The van der Waals surface area contributed by atoms with Crippen LogP contribution in [0.25, 0.3) is 10.7 Å². The first-order valence-corrected chi connectivity index (χ1v) is 9.93. The van der Waals surface area contributed by atoms with Gasteiger partial charge in [-0.3, -0.25) is 14.9 Å². The third kappa shape index (κ3) is 2.82. The lowest BCUT2D eigenvalue weighted by molar-refractivity contribution is -0.136. The van der Waals surface area contributed by atoms with E-state index in [1.54, 1.807) is 34.8 Å². The molecule has 0 saturated carbocycles. The summed E-state index contributed by atoms with van der Waals surface area (Å²) in [6.45, 7) is 6.25. The van der Waals surface area contributed by atoms with E-state index in [1.165, 1.54) is 0 Å². The molecule has 27 heavy (non-hydrogen) atoms. The van der Waals surface area contributed by atoms with Gasteiger partial charge in [0, 0.05) is 30.2 Å². The van der Waals surface area contributed by atoms with Gasteiger partial charge in [-0.1, -0.05) is 6.92 Å². The van der Waals surface area contributed by atoms with Crippen molar-refractivity contribution < 1.29 is 4.79 Å². The monoisotopic (exact) mass is 385 g/mol. The number of hydrogen-bond donors (Lipinski definition) is 2. The van der Waals surface area contributed by atoms with Gasteiger partial charge in [0.2, 0.25) is 5.91 Å². The summed E-state index contributed by atoms with van der Waals surface area (Å²) in [6, 6.07) is -0.00350. The molecule has 2 aliphatic rings. The van der Waals surface area contributed by atoms with Gasteiger partial charge in [-0.2, -0.15) is 5.10 Å². The van der Waals surface area contributed by atoms with Crippen molar-refractivity contribution in [2.75, 3.05) is 7.05 Å². The molecule has 2 aromatic rings. The molecule has 0 spiro atoms. The molecule has 0 fully saturated rings. The van der Waals surface area contributed by atoms with Gasteiger partial charge in [0.25, 0.3) is 0 Å². The van der Waals surface area contributed by atoms with Crippen LogP contribution in [0.15, 0.2) is 34.3 Å². The molecule has 1 amide bonds. The second-order valence-electron chi connectivity index (χ2n) is 6.92. The van der Waals surface area contributed by atoms with Crippen molar-refractivity contribution in [3.63, 3.8) is 0 Å². The van der Waals surface area contributed by atoms with Crippen molar-refractivity contribution >= 4 is 23.5 Å². The van der Waals surface area contributed by atoms with Crippen molar-refractivity contribution in [2.24, 2.45) is 4.99 Å². The SMILES string of the molecule is CCC1C(=O)N(C)C2=C(N[C@@H](c3cn[nH]c3-c3nccs3)N=C2)N1C(C)C. The molecule has 2 N–H and O–H groups in total. The van der Waals surface area contributed by atoms with E-state index in [4.69, 9.17) is 0 Å². The highest BCUT2D eigenvalue weighted by Gasteiger charge is 2.40. The number of nitrogens with zero attached hydrogens (tertiary/aromatic N) is 5. The molecule has 1 unspecified atom stereocenters. The molecule has 0 aliphatic carbocycles. The largest absolute Gasteiger partial charge is 0.345 e. The number of thiazole rings is 1. The number of carbonyl (C=O) groups is 1. The van der Waals surface area contributed by atoms with Gasteiger partial charge >= 0.3 is 0 Å². The summed E-state index contributed by atoms with van der Waals surface area (Å²) in [5.74, 6) is 1.04. The molecule has 8 nitrogen and oxygen atoms in total. The highest BCUT2D eigenvalue weighted by atomic mass is 32.1. The lowest BCUT2D eigenvalue weighted by Crippen LogP contribution is -2.58. The smallest absolute Gasteiger partial charge is 0.249 e. The minimum Gasteiger partial charge on any atom is -0.345 e. The molecule has 2 aliphatic heterocycles. The summed E-state index contributed by atoms with van der Waals surface area (Å²) >= 11 is 1.55. The quantitative estimate of drug-likeness (QED) is 0.843. The Hall–Kier alpha value is -2.68. The van der Waals surface area contributed by atoms with Crippen LogP contribution >= 0.6 is 11.3 Å². The van der Waals surface area contributed by atoms with E-state index in [1.807, 2.05) is 19.4 Å². The van der Waals surface area contributed by atoms with E-state index in [2.05, 4.69) is 44.2 Å². The van der Waals surface area contributed by atoms with Gasteiger partial charge in [-0.25, -0.2) is 4.98 Å². The van der Waals surface area contributed by atoms with E-state index in [-0.39, 0.29) is 24.2 Å². The number of rotatable bonds is 4. The molecule has 142 valence electrons. The molecular weight excluding hydrogens is 362 g/mol. The third-order valence-corrected chi connectivity index (χ3v) is 5.78. The zero-order chi connectivity index (χ0) is 19.1. The van der Waals surface area contributed by atoms with E-state index in [0.717, 1.165) is 34.2 Å². The van der Waals surface area contributed by atoms with E-state index in [9.17, 15) is 4.79 Å². The Morgan fingerprint density at radius 2 is 2.19 bits per heavy atom. The first-order chi connectivity index (χ1) is 13.0. The van der Waals surface area contributed by atoms with Crippen LogP contribution in [0.1, 0.15) is 38.9 Å². The third-order valence-electron chi connectivity index (χ3n) is 4.99. The minimum atomic E-state index is -0.290. The maximum atomic E-state index is 12.8. The van der Waals surface area contributed by atoms with Gasteiger partial charge in [-0.05, 0) is 20.3 Å². The number of nitrogens with one attached hydrogen (secondary N) is 2. The van der Waals surface area contributed by atoms with Crippen molar-refractivity contribution in [1.82, 2.24) is 30.3 Å². The van der Waals surface area contributed by atoms with Crippen molar-refractivity contribution in [1.29, 1.82) is 0 Å². The summed E-state index contributed by atoms with van der Waals surface area (Å²) in [6.07, 6.45) is 5.80. The summed E-state index contributed by atoms with van der Waals surface area (Å²) in [7, 11) is 1.81. The summed E-state index contributed by atoms with van der Waals surface area (Å²) < 4.78 is 0. The number of aromatic amines is 1. The van der Waals surface area contributed by atoms with Crippen LogP contribution in [0.3, 0.4) is 0 Å². The van der Waals surface area contributed by atoms with E-state index >= 15 is 0 Å². The van der Waals surface area contributed by atoms with Crippen LogP contribution in [-0.4, -0.2) is 56.2 Å². The Labute approximate surface area is 162 Å². The number of amides is 1. The zero-order valence-electron chi connectivity index (χ0n) is 15.8. The molecule has 0 radical (unpaired) electrons. The molecule has 4 heterocycles. The van der Waals surface area contributed by atoms with Crippen molar-refractivity contribution in [3.05, 3.63) is 34.9 Å². The fourth-order valence-corrected chi connectivity index (χ4v) is 4.34. The molecule has 0 aromatic carbocycles. The van der Waals surface area contributed by atoms with Crippen LogP contribution in [-0.2, 0) is 4.79 Å². The number of aliphatic imine (C=N–C) groups is 1. The Kier molecular flexibility index (Phi) is 4.47. The molecule has 2 atom stereocenters. The first-order valence-electron chi connectivity index (χ1n) is 9.06. The van der Waals surface area contributed by atoms with Crippen LogP contribution in [0.5, 0.6) is 0 Å². The van der Waals surface area contributed by atoms with Crippen LogP contribution in [0, 0.1) is 0 Å². The van der Waals surface area contributed by atoms with Gasteiger partial charge in [0.05, 0.1) is 12.4 Å². The molecule has 2 aromatic heterocycles. The molecule has 9 heteroatoms. The van der Waals surface area contributed by atoms with Crippen LogP contribution < -0.4 is 5.32 Å². The number of hydrogen-bond acceptors (Lipinski definition) is 7. The Morgan fingerprint density at radius 3 is 2.85 bits per heavy atom. The maximum absolute atomic E-state index is 12.8. The number of aromatic nitrogens is 3. The molecule has 0 saturated heterocycles. The fraction of sp³-hybridized carbons (Fsp3) is 0.444. The standard InChI is InChI=1S/C18H23N7OS/c1-5-12-18(26)24(4)13-9-20-15(22-16(13)25(12)10(2)3)11-8-21-23-14(11)17-19-6-7-27-17/h6-10,12,15,22H,5H2,1-4H3,(H,21,23)/t12?,15-/m0/s1. The van der Waals surface area contributed by atoms with Crippen molar-refractivity contribution in [2.45, 2.75) is 45.4 Å². The second-order valence-corrected chi connectivity index (χ2v) is 7.81. The summed E-state index contributed by atoms with van der Waals surface area (Å²) in [5.41, 5.74) is 2.60. The Morgan fingerprint density at radius 1 is 1.37 bits per heavy atom. The van der Waals surface area contributed by atoms with Gasteiger partial charge < -0.3 is 15.1 Å². The van der Waals surface area contributed by atoms with Gasteiger partial charge in [0.15, 0.2) is 0 Å². The number of likely N-dealkylation sites (N-methyl/N-ethyl adjacent to an activating group) is 1. The highest BCUT2D eigenvalue weighted by Crippen LogP contribution is 2.34. The second kappa shape index (κ2) is 6.80. The number of H-pyrrole nitrogens is 1. The number of carbonyl (C=O) groups excluding carboxylic acids is 1. The lowest BCUT2D eigenvalue weighted by Gasteiger charge is -2.46. The fourth-order valence-electron chi connectivity index (χ4n) is 3.68. The predicted octanol–water partition coefficient (Wildman–Crippen LogP) is 2.34. The summed E-state index contributed by atoms with van der Waals surface area (Å²) in [4.78, 5) is 25.7. The predicted molar refractivity (Wildman–Crippen MR) is 105 cm³/mol. The van der Waals surface area contributed by atoms with E-state index < -0.39 is 0 Å². The van der Waals surface area contributed by atoms with Crippen LogP contribution in [0.2, 0.25) is 0 Å². The minimum absolute atomic E-state index is 0.100. The summed E-state index contributed by atoms with van der Waals surface area (Å²) in [5, 5.41) is 13.6. The Balaban J connectivity index is 1.72. The Bertz CT molecular complexity index is 899. The number of allylic oxidation sites excluding steroid dienone is 1. The van der Waals surface area contributed by atoms with Gasteiger partial charge in [-0.15, -0.1) is 11.3 Å². The van der Waals surface area contributed by atoms with Crippen molar-refractivity contribution in [3.8, 4) is 10.7 Å². The average molecular weight is 385 g/mol. The highest BCUT2D eigenvalue weighted by molar-refractivity contribution is 7.13. The topological polar surface area (TPSA) is 89.5 Å². The molecule has 0 bridgehead atoms. The van der Waals surface area contributed by atoms with Gasteiger partial charge in [0.1, 0.15) is 34.4 Å². The zero-order valence-corrected chi connectivity index (χ0v) is 16.6. The average Bonchev–Trinajstić information content (AvgIpc) is 3.34. The lowest BCUT2D eigenvalue weighted by atomic mass is 10.0. The van der Waals surface area contributed by atoms with Crippen LogP contribution in [0.4, 0.5) is 0 Å². The molecular formula is C18H23N7OS. The normalized spacial score (nSPS) is 22.5.